The molecule has 0 saturated carbocycles. The molecule has 1 aliphatic rings. The molecule has 0 aliphatic carbocycles. The van der Waals surface area contributed by atoms with E-state index < -0.39 is 0 Å². The van der Waals surface area contributed by atoms with Crippen molar-refractivity contribution >= 4 is 5.69 Å². The average molecular weight is 262 g/mol. The summed E-state index contributed by atoms with van der Waals surface area (Å²) in [6.07, 6.45) is 0.824. The summed E-state index contributed by atoms with van der Waals surface area (Å²) in [5.41, 5.74) is 2.68. The first-order valence-electron chi connectivity index (χ1n) is 7.32. The van der Waals surface area contributed by atoms with E-state index in [2.05, 4.69) is 55.3 Å². The van der Waals surface area contributed by atoms with E-state index in [1.165, 1.54) is 11.3 Å². The van der Waals surface area contributed by atoms with Crippen LogP contribution in [0.2, 0.25) is 0 Å². The van der Waals surface area contributed by atoms with Gasteiger partial charge in [-0.05, 0) is 37.0 Å². The van der Waals surface area contributed by atoms with Crippen molar-refractivity contribution in [2.45, 2.75) is 45.2 Å². The first-order valence-corrected chi connectivity index (χ1v) is 7.32. The van der Waals surface area contributed by atoms with Crippen LogP contribution in [-0.4, -0.2) is 36.9 Å². The Balaban J connectivity index is 2.07. The Labute approximate surface area is 116 Å². The van der Waals surface area contributed by atoms with E-state index in [-0.39, 0.29) is 6.61 Å². The first-order chi connectivity index (χ1) is 9.10. The van der Waals surface area contributed by atoms with E-state index in [4.69, 9.17) is 5.11 Å². The number of hydrogen-bond donors (Lipinski definition) is 2. The Morgan fingerprint density at radius 2 is 1.95 bits per heavy atom. The molecule has 0 spiro atoms. The number of rotatable bonds is 4. The standard InChI is InChI=1S/C16H26N2O/c1-12(2)14-4-6-16(7-5-14)18-10-13(3)17-15(11-18)8-9-19/h4-7,12-13,15,17,19H,8-11H2,1-3H3. The Hall–Kier alpha value is -1.06. The maximum absolute atomic E-state index is 9.10. The molecule has 2 unspecified atom stereocenters. The smallest absolute Gasteiger partial charge is 0.0446 e. The first kappa shape index (κ1) is 14.4. The van der Waals surface area contributed by atoms with E-state index >= 15 is 0 Å². The van der Waals surface area contributed by atoms with Crippen LogP contribution in [0.4, 0.5) is 5.69 Å². The molecule has 1 aromatic carbocycles. The summed E-state index contributed by atoms with van der Waals surface area (Å²) in [5, 5.41) is 12.6. The highest BCUT2D eigenvalue weighted by Crippen LogP contribution is 2.22. The Morgan fingerprint density at radius 1 is 1.26 bits per heavy atom. The van der Waals surface area contributed by atoms with Gasteiger partial charge in [-0.25, -0.2) is 0 Å². The molecule has 1 aromatic rings. The molecule has 0 radical (unpaired) electrons. The molecule has 2 atom stereocenters. The highest BCUT2D eigenvalue weighted by Gasteiger charge is 2.23. The Bertz CT molecular complexity index is 388. The van der Waals surface area contributed by atoms with Gasteiger partial charge in [0, 0.05) is 37.5 Å². The largest absolute Gasteiger partial charge is 0.396 e. The number of aliphatic hydroxyl groups excluding tert-OH is 1. The predicted molar refractivity (Wildman–Crippen MR) is 80.8 cm³/mol. The Kier molecular flexibility index (Phi) is 4.83. The molecule has 2 N–H and O–H groups in total. The van der Waals surface area contributed by atoms with E-state index in [9.17, 15) is 0 Å². The van der Waals surface area contributed by atoms with E-state index in [0.29, 0.717) is 18.0 Å². The van der Waals surface area contributed by atoms with Crippen LogP contribution < -0.4 is 10.2 Å². The van der Waals surface area contributed by atoms with Crippen LogP contribution in [0.25, 0.3) is 0 Å². The summed E-state index contributed by atoms with van der Waals surface area (Å²) < 4.78 is 0. The molecular formula is C16H26N2O. The number of aliphatic hydroxyl groups is 1. The molecule has 19 heavy (non-hydrogen) atoms. The molecule has 2 rings (SSSR count). The van der Waals surface area contributed by atoms with Crippen LogP contribution in [-0.2, 0) is 0 Å². The van der Waals surface area contributed by atoms with Crippen LogP contribution in [0.3, 0.4) is 0 Å². The molecule has 1 fully saturated rings. The zero-order valence-corrected chi connectivity index (χ0v) is 12.3. The summed E-state index contributed by atoms with van der Waals surface area (Å²) in [6, 6.07) is 9.77. The third-order valence-corrected chi connectivity index (χ3v) is 3.86. The molecule has 106 valence electrons. The highest BCUT2D eigenvalue weighted by atomic mass is 16.3. The second-order valence-corrected chi connectivity index (χ2v) is 5.93. The van der Waals surface area contributed by atoms with Crippen molar-refractivity contribution in [3.8, 4) is 0 Å². The van der Waals surface area contributed by atoms with Crippen LogP contribution in [0.5, 0.6) is 0 Å². The molecule has 1 aliphatic heterocycles. The van der Waals surface area contributed by atoms with Crippen LogP contribution in [0, 0.1) is 0 Å². The lowest BCUT2D eigenvalue weighted by atomic mass is 10.0. The van der Waals surface area contributed by atoms with Gasteiger partial charge in [-0.2, -0.15) is 0 Å². The normalized spacial score (nSPS) is 23.9. The van der Waals surface area contributed by atoms with Gasteiger partial charge in [0.25, 0.3) is 0 Å². The molecule has 0 aromatic heterocycles. The van der Waals surface area contributed by atoms with Crippen molar-refractivity contribution in [3.63, 3.8) is 0 Å². The van der Waals surface area contributed by atoms with Gasteiger partial charge in [0.2, 0.25) is 0 Å². The number of piperazine rings is 1. The second kappa shape index (κ2) is 6.40. The van der Waals surface area contributed by atoms with E-state index in [0.717, 1.165) is 19.5 Å². The molecular weight excluding hydrogens is 236 g/mol. The second-order valence-electron chi connectivity index (χ2n) is 5.93. The van der Waals surface area contributed by atoms with E-state index in [1.807, 2.05) is 0 Å². The lowest BCUT2D eigenvalue weighted by Gasteiger charge is -2.39. The van der Waals surface area contributed by atoms with Gasteiger partial charge in [0.1, 0.15) is 0 Å². The zero-order chi connectivity index (χ0) is 13.8. The summed E-state index contributed by atoms with van der Waals surface area (Å²) >= 11 is 0. The van der Waals surface area contributed by atoms with Crippen molar-refractivity contribution in [2.75, 3.05) is 24.6 Å². The molecule has 3 heteroatoms. The quantitative estimate of drug-likeness (QED) is 0.874. The number of benzene rings is 1. The fraction of sp³-hybridized carbons (Fsp3) is 0.625. The molecule has 3 nitrogen and oxygen atoms in total. The number of nitrogens with one attached hydrogen (secondary N) is 1. The molecule has 0 amide bonds. The number of hydrogen-bond acceptors (Lipinski definition) is 3. The molecule has 1 saturated heterocycles. The number of nitrogens with zero attached hydrogens (tertiary/aromatic N) is 1. The third-order valence-electron chi connectivity index (χ3n) is 3.86. The van der Waals surface area contributed by atoms with Gasteiger partial charge in [-0.15, -0.1) is 0 Å². The minimum Gasteiger partial charge on any atom is -0.396 e. The molecule has 1 heterocycles. The van der Waals surface area contributed by atoms with Gasteiger partial charge in [-0.1, -0.05) is 26.0 Å². The SMILES string of the molecule is CC1CN(c2ccc(C(C)C)cc2)CC(CCO)N1. The fourth-order valence-electron chi connectivity index (χ4n) is 2.79. The minimum absolute atomic E-state index is 0.254. The van der Waals surface area contributed by atoms with Crippen LogP contribution in [0.1, 0.15) is 38.7 Å². The summed E-state index contributed by atoms with van der Waals surface area (Å²) in [6.45, 7) is 8.91. The Morgan fingerprint density at radius 3 is 2.53 bits per heavy atom. The summed E-state index contributed by atoms with van der Waals surface area (Å²) in [5.74, 6) is 0.582. The lowest BCUT2D eigenvalue weighted by Crippen LogP contribution is -2.55. The van der Waals surface area contributed by atoms with Crippen LogP contribution >= 0.6 is 0 Å². The fourth-order valence-corrected chi connectivity index (χ4v) is 2.79. The maximum Gasteiger partial charge on any atom is 0.0446 e. The zero-order valence-electron chi connectivity index (χ0n) is 12.3. The van der Waals surface area contributed by atoms with Crippen LogP contribution in [0.15, 0.2) is 24.3 Å². The summed E-state index contributed by atoms with van der Waals surface area (Å²) in [4.78, 5) is 2.42. The van der Waals surface area contributed by atoms with Gasteiger partial charge >= 0.3 is 0 Å². The average Bonchev–Trinajstić information content (AvgIpc) is 2.38. The monoisotopic (exact) mass is 262 g/mol. The third kappa shape index (κ3) is 3.71. The lowest BCUT2D eigenvalue weighted by molar-refractivity contribution is 0.250. The van der Waals surface area contributed by atoms with Crippen molar-refractivity contribution < 1.29 is 5.11 Å². The molecule has 0 bridgehead atoms. The van der Waals surface area contributed by atoms with E-state index in [1.54, 1.807) is 0 Å². The topological polar surface area (TPSA) is 35.5 Å². The summed E-state index contributed by atoms with van der Waals surface area (Å²) in [7, 11) is 0. The van der Waals surface area contributed by atoms with Gasteiger partial charge in [0.15, 0.2) is 0 Å². The van der Waals surface area contributed by atoms with Crippen molar-refractivity contribution in [1.29, 1.82) is 0 Å². The van der Waals surface area contributed by atoms with Crippen molar-refractivity contribution in [2.24, 2.45) is 0 Å². The minimum atomic E-state index is 0.254. The van der Waals surface area contributed by atoms with Gasteiger partial charge in [-0.3, -0.25) is 0 Å². The number of anilines is 1. The predicted octanol–water partition coefficient (Wildman–Crippen LogP) is 2.36. The van der Waals surface area contributed by atoms with Crippen molar-refractivity contribution in [3.05, 3.63) is 29.8 Å². The maximum atomic E-state index is 9.10. The van der Waals surface area contributed by atoms with Crippen molar-refractivity contribution in [1.82, 2.24) is 5.32 Å². The highest BCUT2D eigenvalue weighted by molar-refractivity contribution is 5.49. The van der Waals surface area contributed by atoms with Gasteiger partial charge < -0.3 is 15.3 Å². The van der Waals surface area contributed by atoms with Gasteiger partial charge in [0.05, 0.1) is 0 Å².